The summed E-state index contributed by atoms with van der Waals surface area (Å²) >= 11 is 0. The number of rotatable bonds is 7. The van der Waals surface area contributed by atoms with Gasteiger partial charge in [-0.1, -0.05) is 18.2 Å². The molecule has 0 bridgehead atoms. The van der Waals surface area contributed by atoms with Crippen molar-refractivity contribution in [3.05, 3.63) is 94.7 Å². The first-order valence-corrected chi connectivity index (χ1v) is 11.8. The minimum Gasteiger partial charge on any atom is -0.463 e. The number of carbonyl (C=O) groups is 2. The molecule has 0 atom stereocenters. The first-order chi connectivity index (χ1) is 17.3. The molecular weight excluding hydrogens is 461 g/mol. The molecular formula is C28H28FN3O4. The van der Waals surface area contributed by atoms with Gasteiger partial charge in [-0.25, -0.2) is 18.7 Å². The Hall–Kier alpha value is -4.20. The summed E-state index contributed by atoms with van der Waals surface area (Å²) in [5, 5.41) is 7.95. The van der Waals surface area contributed by atoms with Crippen LogP contribution >= 0.6 is 0 Å². The van der Waals surface area contributed by atoms with Crippen molar-refractivity contribution in [2.45, 2.75) is 33.6 Å². The van der Waals surface area contributed by atoms with E-state index in [0.29, 0.717) is 39.4 Å². The van der Waals surface area contributed by atoms with Crippen molar-refractivity contribution in [2.24, 2.45) is 0 Å². The van der Waals surface area contributed by atoms with Crippen LogP contribution in [0.5, 0.6) is 0 Å². The molecule has 0 radical (unpaired) electrons. The molecule has 4 rings (SSSR count). The first kappa shape index (κ1) is 24.9. The van der Waals surface area contributed by atoms with E-state index in [0.717, 1.165) is 5.69 Å². The lowest BCUT2D eigenvalue weighted by molar-refractivity contribution is -0.139. The summed E-state index contributed by atoms with van der Waals surface area (Å²) in [7, 11) is 0. The molecule has 2 heterocycles. The van der Waals surface area contributed by atoms with E-state index in [4.69, 9.17) is 14.6 Å². The molecule has 0 spiro atoms. The number of nitrogens with one attached hydrogen (secondary N) is 1. The zero-order valence-electron chi connectivity index (χ0n) is 20.7. The van der Waals surface area contributed by atoms with Crippen molar-refractivity contribution < 1.29 is 23.5 Å². The van der Waals surface area contributed by atoms with Gasteiger partial charge in [-0.3, -0.25) is 0 Å². The van der Waals surface area contributed by atoms with Gasteiger partial charge in [0.1, 0.15) is 5.82 Å². The lowest BCUT2D eigenvalue weighted by Gasteiger charge is -2.30. The smallest absolute Gasteiger partial charge is 0.336 e. The molecule has 8 heteroatoms. The second-order valence-electron chi connectivity index (χ2n) is 8.30. The fraction of sp³-hybridized carbons (Fsp3) is 0.250. The fourth-order valence-electron chi connectivity index (χ4n) is 4.41. The van der Waals surface area contributed by atoms with Crippen LogP contribution in [0.3, 0.4) is 0 Å². The molecule has 1 N–H and O–H groups in total. The van der Waals surface area contributed by atoms with Gasteiger partial charge in [-0.2, -0.15) is 5.10 Å². The highest BCUT2D eigenvalue weighted by Gasteiger charge is 2.40. The largest absolute Gasteiger partial charge is 0.463 e. The number of dihydropyridines is 1. The van der Waals surface area contributed by atoms with Crippen LogP contribution in [-0.4, -0.2) is 34.9 Å². The second-order valence-corrected chi connectivity index (χ2v) is 8.30. The van der Waals surface area contributed by atoms with E-state index in [9.17, 15) is 14.0 Å². The lowest BCUT2D eigenvalue weighted by atomic mass is 9.79. The molecule has 0 saturated heterocycles. The quantitative estimate of drug-likeness (QED) is 0.469. The van der Waals surface area contributed by atoms with Crippen LogP contribution in [0.4, 0.5) is 4.39 Å². The van der Waals surface area contributed by atoms with E-state index < -0.39 is 17.9 Å². The van der Waals surface area contributed by atoms with E-state index in [1.54, 1.807) is 50.7 Å². The minimum atomic E-state index is -0.818. The fourth-order valence-corrected chi connectivity index (χ4v) is 4.41. The summed E-state index contributed by atoms with van der Waals surface area (Å²) in [6.45, 7) is 7.34. The number of ether oxygens (including phenoxy) is 2. The first-order valence-electron chi connectivity index (χ1n) is 11.8. The van der Waals surface area contributed by atoms with Gasteiger partial charge in [0.05, 0.1) is 41.7 Å². The number of benzene rings is 2. The van der Waals surface area contributed by atoms with Crippen molar-refractivity contribution in [1.82, 2.24) is 15.1 Å². The number of allylic oxidation sites excluding steroid dienone is 2. The van der Waals surface area contributed by atoms with Crippen LogP contribution in [0.25, 0.3) is 16.9 Å². The molecule has 0 aliphatic carbocycles. The third-order valence-electron chi connectivity index (χ3n) is 5.94. The Morgan fingerprint density at radius 1 is 0.917 bits per heavy atom. The van der Waals surface area contributed by atoms with Crippen LogP contribution in [0.15, 0.2) is 83.3 Å². The SMILES string of the molecule is CCOC(=O)C1=C(C)NC(C)=C(C(=O)OCC)C1c1cn(-c2ccccc2)nc1-c1ccc(F)cc1. The van der Waals surface area contributed by atoms with Crippen LogP contribution in [0.2, 0.25) is 0 Å². The average molecular weight is 490 g/mol. The molecule has 0 amide bonds. The van der Waals surface area contributed by atoms with E-state index in [1.165, 1.54) is 12.1 Å². The maximum Gasteiger partial charge on any atom is 0.336 e. The molecule has 0 saturated carbocycles. The van der Waals surface area contributed by atoms with Crippen LogP contribution in [0, 0.1) is 5.82 Å². The summed E-state index contributed by atoms with van der Waals surface area (Å²) in [6, 6.07) is 15.4. The Balaban J connectivity index is 2.00. The predicted octanol–water partition coefficient (Wildman–Crippen LogP) is 5.04. The summed E-state index contributed by atoms with van der Waals surface area (Å²) < 4.78 is 26.2. The summed E-state index contributed by atoms with van der Waals surface area (Å²) in [5.41, 5.74) is 4.26. The van der Waals surface area contributed by atoms with Crippen molar-refractivity contribution in [2.75, 3.05) is 13.2 Å². The Morgan fingerprint density at radius 2 is 1.47 bits per heavy atom. The summed E-state index contributed by atoms with van der Waals surface area (Å²) in [5.74, 6) is -2.28. The number of hydrogen-bond donors (Lipinski definition) is 1. The Labute approximate surface area is 209 Å². The minimum absolute atomic E-state index is 0.174. The van der Waals surface area contributed by atoms with Gasteiger partial charge < -0.3 is 14.8 Å². The van der Waals surface area contributed by atoms with Crippen LogP contribution in [-0.2, 0) is 19.1 Å². The van der Waals surface area contributed by atoms with Crippen molar-refractivity contribution in [3.8, 4) is 16.9 Å². The van der Waals surface area contributed by atoms with E-state index in [1.807, 2.05) is 30.3 Å². The van der Waals surface area contributed by atoms with Crippen molar-refractivity contribution in [3.63, 3.8) is 0 Å². The molecule has 0 unspecified atom stereocenters. The highest BCUT2D eigenvalue weighted by molar-refractivity contribution is 6.00. The topological polar surface area (TPSA) is 82.5 Å². The average Bonchev–Trinajstić information content (AvgIpc) is 3.30. The van der Waals surface area contributed by atoms with Gasteiger partial charge in [0.25, 0.3) is 0 Å². The highest BCUT2D eigenvalue weighted by Crippen LogP contribution is 2.43. The molecule has 1 aromatic heterocycles. The third-order valence-corrected chi connectivity index (χ3v) is 5.94. The molecule has 36 heavy (non-hydrogen) atoms. The number of hydrogen-bond acceptors (Lipinski definition) is 6. The van der Waals surface area contributed by atoms with Gasteiger partial charge in [-0.15, -0.1) is 0 Å². The standard InChI is InChI=1S/C28H28FN3O4/c1-5-35-27(33)23-17(3)30-18(4)24(28(34)36-6-2)25(23)22-16-32(21-10-8-7-9-11-21)31-26(22)19-12-14-20(29)15-13-19/h7-16,25,30H,5-6H2,1-4H3. The molecule has 1 aliphatic rings. The zero-order chi connectivity index (χ0) is 25.8. The second kappa shape index (κ2) is 10.6. The lowest BCUT2D eigenvalue weighted by Crippen LogP contribution is -2.32. The van der Waals surface area contributed by atoms with Gasteiger partial charge in [0.2, 0.25) is 0 Å². The number of carbonyl (C=O) groups excluding carboxylic acids is 2. The summed E-state index contributed by atoms with van der Waals surface area (Å²) in [6.07, 6.45) is 1.79. The monoisotopic (exact) mass is 489 g/mol. The van der Waals surface area contributed by atoms with E-state index >= 15 is 0 Å². The van der Waals surface area contributed by atoms with Gasteiger partial charge in [0.15, 0.2) is 0 Å². The number of esters is 2. The van der Waals surface area contributed by atoms with Gasteiger partial charge in [-0.05, 0) is 64.1 Å². The van der Waals surface area contributed by atoms with Crippen LogP contribution < -0.4 is 5.32 Å². The number of para-hydroxylation sites is 1. The Kier molecular flexibility index (Phi) is 7.33. The van der Waals surface area contributed by atoms with Crippen molar-refractivity contribution in [1.29, 1.82) is 0 Å². The van der Waals surface area contributed by atoms with Crippen molar-refractivity contribution >= 4 is 11.9 Å². The van der Waals surface area contributed by atoms with Gasteiger partial charge >= 0.3 is 11.9 Å². The maximum absolute atomic E-state index is 13.8. The predicted molar refractivity (Wildman–Crippen MR) is 134 cm³/mol. The third kappa shape index (κ3) is 4.79. The summed E-state index contributed by atoms with van der Waals surface area (Å²) in [4.78, 5) is 26.4. The number of halogens is 1. The normalized spacial score (nSPS) is 14.0. The van der Waals surface area contributed by atoms with Gasteiger partial charge in [0, 0.05) is 28.7 Å². The molecule has 1 aliphatic heterocycles. The van der Waals surface area contributed by atoms with E-state index in [2.05, 4.69) is 5.32 Å². The molecule has 2 aromatic carbocycles. The number of nitrogens with zero attached hydrogens (tertiary/aromatic N) is 2. The molecule has 3 aromatic rings. The maximum atomic E-state index is 13.8. The Morgan fingerprint density at radius 3 is 2.00 bits per heavy atom. The molecule has 186 valence electrons. The zero-order valence-corrected chi connectivity index (χ0v) is 20.7. The molecule has 7 nitrogen and oxygen atoms in total. The Bertz CT molecular complexity index is 1300. The molecule has 0 fully saturated rings. The van der Waals surface area contributed by atoms with Crippen LogP contribution in [0.1, 0.15) is 39.2 Å². The highest BCUT2D eigenvalue weighted by atomic mass is 19.1. The van der Waals surface area contributed by atoms with E-state index in [-0.39, 0.29) is 19.0 Å². The number of aromatic nitrogens is 2.